The molecule has 13 nitrogen and oxygen atoms in total. The number of rotatable bonds is 14. The van der Waals surface area contributed by atoms with Crippen molar-refractivity contribution in [2.24, 2.45) is 17.8 Å². The van der Waals surface area contributed by atoms with E-state index in [9.17, 15) is 39.3 Å². The number of carboxylic acids is 1. The molecule has 0 aromatic heterocycles. The quantitative estimate of drug-likeness (QED) is 0.175. The maximum Gasteiger partial charge on any atom is 0.408 e. The summed E-state index contributed by atoms with van der Waals surface area (Å²) in [7, 11) is 0. The van der Waals surface area contributed by atoms with Gasteiger partial charge in [0.2, 0.25) is 11.8 Å². The zero-order chi connectivity index (χ0) is 33.4. The minimum Gasteiger partial charge on any atom is -0.480 e. The third-order valence-electron chi connectivity index (χ3n) is 8.56. The second kappa shape index (κ2) is 16.0. The molecule has 3 unspecified atom stereocenters. The fraction of sp³-hybridized carbons (Fsp3) is 0.656. The van der Waals surface area contributed by atoms with Crippen LogP contribution < -0.4 is 16.0 Å². The van der Waals surface area contributed by atoms with Crippen LogP contribution in [-0.4, -0.2) is 99.0 Å². The second-order valence-corrected chi connectivity index (χ2v) is 12.7. The number of fused-ring (bicyclic) bond motifs is 1. The van der Waals surface area contributed by atoms with Crippen molar-refractivity contribution in [1.29, 1.82) is 0 Å². The van der Waals surface area contributed by atoms with Gasteiger partial charge >= 0.3 is 12.1 Å². The molecule has 13 heteroatoms. The highest BCUT2D eigenvalue weighted by Crippen LogP contribution is 2.43. The highest BCUT2D eigenvalue weighted by atomic mass is 16.6. The number of carboxylic acid groups (broad SMARTS) is 1. The molecule has 1 aliphatic carbocycles. The minimum absolute atomic E-state index is 0.000256. The Hall–Kier alpha value is -3.71. The average molecular weight is 633 g/mol. The van der Waals surface area contributed by atoms with Crippen molar-refractivity contribution in [3.05, 3.63) is 35.9 Å². The second-order valence-electron chi connectivity index (χ2n) is 12.7. The average Bonchev–Trinajstić information content (AvgIpc) is 3.53. The van der Waals surface area contributed by atoms with E-state index in [1.54, 1.807) is 58.0 Å². The Balaban J connectivity index is 1.79. The van der Waals surface area contributed by atoms with E-state index in [1.165, 1.54) is 4.90 Å². The topological polar surface area (TPSA) is 195 Å². The molecule has 0 radical (unpaired) electrons. The largest absolute Gasteiger partial charge is 0.480 e. The number of alkyl carbamates (subject to hydrolysis) is 1. The summed E-state index contributed by atoms with van der Waals surface area (Å²) in [6, 6.07) is 4.35. The minimum atomic E-state index is -1.77. The SMILES string of the molecule is CCCC(NC(=O)[C@@H]1[C@H]2CCC(O)[C@H]2CN1C(=O)[C@@H](NC(=O)OC(C)C)C(C)C)C(O)C(=O)N[C@@H](Cc1ccccc1)C(=O)O. The maximum atomic E-state index is 13.9. The number of nitrogens with one attached hydrogen (secondary N) is 3. The molecule has 1 aliphatic heterocycles. The van der Waals surface area contributed by atoms with Gasteiger partial charge in [-0.05, 0) is 50.5 Å². The lowest BCUT2D eigenvalue weighted by atomic mass is 9.92. The van der Waals surface area contributed by atoms with Gasteiger partial charge in [0.15, 0.2) is 6.10 Å². The maximum absolute atomic E-state index is 13.9. The van der Waals surface area contributed by atoms with Gasteiger partial charge in [0, 0.05) is 18.9 Å². The molecule has 0 bridgehead atoms. The zero-order valence-corrected chi connectivity index (χ0v) is 26.6. The molecule has 2 aliphatic rings. The summed E-state index contributed by atoms with van der Waals surface area (Å²) in [5, 5.41) is 39.1. The molecule has 1 saturated carbocycles. The van der Waals surface area contributed by atoms with E-state index < -0.39 is 72.3 Å². The van der Waals surface area contributed by atoms with Crippen LogP contribution in [0.5, 0.6) is 0 Å². The molecule has 6 N–H and O–H groups in total. The number of aliphatic hydroxyl groups is 2. The smallest absolute Gasteiger partial charge is 0.408 e. The summed E-state index contributed by atoms with van der Waals surface area (Å²) in [5.41, 5.74) is 0.684. The summed E-state index contributed by atoms with van der Waals surface area (Å²) in [4.78, 5) is 66.6. The van der Waals surface area contributed by atoms with Crippen molar-refractivity contribution >= 4 is 29.8 Å². The molecule has 1 saturated heterocycles. The normalized spacial score (nSPS) is 23.5. The lowest BCUT2D eigenvalue weighted by Crippen LogP contribution is -2.59. The van der Waals surface area contributed by atoms with Gasteiger partial charge in [-0.2, -0.15) is 0 Å². The molecular weight excluding hydrogens is 584 g/mol. The van der Waals surface area contributed by atoms with Gasteiger partial charge in [0.1, 0.15) is 18.1 Å². The van der Waals surface area contributed by atoms with Gasteiger partial charge < -0.3 is 40.9 Å². The predicted octanol–water partition coefficient (Wildman–Crippen LogP) is 1.20. The van der Waals surface area contributed by atoms with Gasteiger partial charge in [0.25, 0.3) is 5.91 Å². The molecule has 250 valence electrons. The van der Waals surface area contributed by atoms with Gasteiger partial charge in [-0.15, -0.1) is 0 Å². The molecule has 4 amide bonds. The van der Waals surface area contributed by atoms with Crippen LogP contribution >= 0.6 is 0 Å². The highest BCUT2D eigenvalue weighted by Gasteiger charge is 2.54. The van der Waals surface area contributed by atoms with Crippen LogP contribution in [0.4, 0.5) is 4.79 Å². The van der Waals surface area contributed by atoms with Gasteiger partial charge in [-0.3, -0.25) is 14.4 Å². The number of benzene rings is 1. The van der Waals surface area contributed by atoms with Crippen molar-refractivity contribution in [2.75, 3.05) is 6.54 Å². The highest BCUT2D eigenvalue weighted by molar-refractivity contribution is 5.93. The molecule has 1 aromatic carbocycles. The van der Waals surface area contributed by atoms with Crippen molar-refractivity contribution in [1.82, 2.24) is 20.9 Å². The predicted molar refractivity (Wildman–Crippen MR) is 164 cm³/mol. The number of amides is 4. The van der Waals surface area contributed by atoms with Gasteiger partial charge in [0.05, 0.1) is 18.2 Å². The molecule has 3 rings (SSSR count). The first-order valence-electron chi connectivity index (χ1n) is 15.8. The molecule has 1 aromatic rings. The third-order valence-corrected chi connectivity index (χ3v) is 8.56. The Labute approximate surface area is 264 Å². The van der Waals surface area contributed by atoms with Crippen molar-refractivity contribution in [2.45, 2.75) is 109 Å². The molecule has 8 atom stereocenters. The summed E-state index contributed by atoms with van der Waals surface area (Å²) < 4.78 is 5.17. The Morgan fingerprint density at radius 1 is 0.978 bits per heavy atom. The lowest BCUT2D eigenvalue weighted by molar-refractivity contribution is -0.145. The van der Waals surface area contributed by atoms with Crippen LogP contribution in [-0.2, 0) is 30.3 Å². The molecular formula is C32H48N4O9. The summed E-state index contributed by atoms with van der Waals surface area (Å²) >= 11 is 0. The number of likely N-dealkylation sites (tertiary alicyclic amines) is 1. The van der Waals surface area contributed by atoms with Crippen molar-refractivity contribution < 1.29 is 44.0 Å². The Morgan fingerprint density at radius 2 is 1.64 bits per heavy atom. The standard InChI is InChI=1S/C32H48N4O9/c1-6-10-22(27(38)29(40)34-23(31(42)43)15-19-11-8-7-9-12-19)33-28(39)26-20-13-14-24(37)21(20)16-36(26)30(41)25(17(2)3)35-32(44)45-18(4)5/h7-9,11-12,17-18,20-27,37-38H,6,10,13-16H2,1-5H3,(H,33,39)(H,34,40)(H,35,44)(H,42,43)/t20-,21-,22?,23-,24?,25-,26-,27?/m0/s1. The van der Waals surface area contributed by atoms with E-state index >= 15 is 0 Å². The van der Waals surface area contributed by atoms with Crippen LogP contribution in [0.15, 0.2) is 30.3 Å². The number of hydrogen-bond donors (Lipinski definition) is 6. The van der Waals surface area contributed by atoms with E-state index in [1.807, 2.05) is 6.92 Å². The van der Waals surface area contributed by atoms with E-state index in [-0.39, 0.29) is 37.1 Å². The third kappa shape index (κ3) is 9.16. The number of ether oxygens (including phenoxy) is 1. The van der Waals surface area contributed by atoms with Crippen LogP contribution in [0, 0.1) is 17.8 Å². The Morgan fingerprint density at radius 3 is 2.22 bits per heavy atom. The molecule has 45 heavy (non-hydrogen) atoms. The van der Waals surface area contributed by atoms with E-state index in [2.05, 4.69) is 16.0 Å². The first-order chi connectivity index (χ1) is 21.2. The number of aliphatic carboxylic acids is 1. The van der Waals surface area contributed by atoms with Gasteiger partial charge in [-0.25, -0.2) is 9.59 Å². The van der Waals surface area contributed by atoms with Crippen LogP contribution in [0.2, 0.25) is 0 Å². The Bertz CT molecular complexity index is 1190. The van der Waals surface area contributed by atoms with E-state index in [0.717, 1.165) is 0 Å². The summed E-state index contributed by atoms with van der Waals surface area (Å²) in [6.45, 7) is 8.79. The number of carbonyl (C=O) groups excluding carboxylic acids is 4. The van der Waals surface area contributed by atoms with Crippen molar-refractivity contribution in [3.63, 3.8) is 0 Å². The van der Waals surface area contributed by atoms with Gasteiger partial charge in [-0.1, -0.05) is 57.5 Å². The molecule has 2 fully saturated rings. The first-order valence-corrected chi connectivity index (χ1v) is 15.8. The number of aliphatic hydroxyl groups excluding tert-OH is 2. The summed E-state index contributed by atoms with van der Waals surface area (Å²) in [5.74, 6) is -4.38. The van der Waals surface area contributed by atoms with Crippen molar-refractivity contribution in [3.8, 4) is 0 Å². The summed E-state index contributed by atoms with van der Waals surface area (Å²) in [6.07, 6.45) is -2.00. The molecule has 1 heterocycles. The monoisotopic (exact) mass is 632 g/mol. The zero-order valence-electron chi connectivity index (χ0n) is 26.6. The number of carbonyl (C=O) groups is 5. The number of nitrogens with zero attached hydrogens (tertiary/aromatic N) is 1. The van der Waals surface area contributed by atoms with Crippen LogP contribution in [0.3, 0.4) is 0 Å². The molecule has 0 spiro atoms. The lowest BCUT2D eigenvalue weighted by Gasteiger charge is -2.33. The Kier molecular flexibility index (Phi) is 12.7. The first kappa shape index (κ1) is 35.8. The fourth-order valence-corrected chi connectivity index (χ4v) is 6.31. The van der Waals surface area contributed by atoms with E-state index in [0.29, 0.717) is 24.8 Å². The van der Waals surface area contributed by atoms with Crippen LogP contribution in [0.25, 0.3) is 0 Å². The fourth-order valence-electron chi connectivity index (χ4n) is 6.31. The van der Waals surface area contributed by atoms with E-state index in [4.69, 9.17) is 4.74 Å². The number of hydrogen-bond acceptors (Lipinski definition) is 8. The van der Waals surface area contributed by atoms with Crippen LogP contribution in [0.1, 0.15) is 65.9 Å².